The van der Waals surface area contributed by atoms with Gasteiger partial charge in [0.05, 0.1) is 31.4 Å². The minimum absolute atomic E-state index is 0.0503. The van der Waals surface area contributed by atoms with Gasteiger partial charge in [0.25, 0.3) is 5.91 Å². The van der Waals surface area contributed by atoms with Gasteiger partial charge in [-0.05, 0) is 42.5 Å². The summed E-state index contributed by atoms with van der Waals surface area (Å²) >= 11 is 13.0. The molecule has 12 heteroatoms. The van der Waals surface area contributed by atoms with Crippen LogP contribution in [0.4, 0.5) is 23.1 Å². The molecule has 1 heterocycles. The van der Waals surface area contributed by atoms with Crippen LogP contribution in [0.3, 0.4) is 0 Å². The van der Waals surface area contributed by atoms with Crippen LogP contribution < -0.4 is 15.4 Å². The summed E-state index contributed by atoms with van der Waals surface area (Å²) in [5, 5.41) is 4.87. The van der Waals surface area contributed by atoms with Crippen molar-refractivity contribution >= 4 is 61.8 Å². The molecule has 0 atom stereocenters. The maximum absolute atomic E-state index is 12.8. The van der Waals surface area contributed by atoms with Crippen LogP contribution in [0.5, 0.6) is 11.5 Å². The number of carbonyl (C=O) groups excluding carboxylic acids is 2. The Morgan fingerprint density at radius 2 is 1.74 bits per heavy atom. The highest BCUT2D eigenvalue weighted by Gasteiger charge is 2.31. The summed E-state index contributed by atoms with van der Waals surface area (Å²) in [5.41, 5.74) is -0.208. The topological polar surface area (TPSA) is 80.3 Å². The number of nitrogens with one attached hydrogen (secondary N) is 2. The fourth-order valence-electron chi connectivity index (χ4n) is 2.85. The maximum atomic E-state index is 12.8. The van der Waals surface area contributed by atoms with Crippen molar-refractivity contribution < 1.29 is 27.5 Å². The predicted molar refractivity (Wildman–Crippen MR) is 124 cm³/mol. The number of anilines is 1. The Morgan fingerprint density at radius 1 is 0.971 bits per heavy atom. The number of rotatable bonds is 4. The molecule has 34 heavy (non-hydrogen) atoms. The van der Waals surface area contributed by atoms with Gasteiger partial charge in [-0.1, -0.05) is 46.7 Å². The lowest BCUT2D eigenvalue weighted by Gasteiger charge is -2.11. The smallest absolute Gasteiger partial charge is 0.416 e. The lowest BCUT2D eigenvalue weighted by Crippen LogP contribution is -2.34. The number of hydrogen-bond acceptors (Lipinski definition) is 5. The van der Waals surface area contributed by atoms with Gasteiger partial charge in [-0.15, -0.1) is 0 Å². The van der Waals surface area contributed by atoms with E-state index >= 15 is 0 Å². The van der Waals surface area contributed by atoms with E-state index in [0.29, 0.717) is 16.0 Å². The summed E-state index contributed by atoms with van der Waals surface area (Å²) in [7, 11) is 0. The third kappa shape index (κ3) is 5.41. The zero-order chi connectivity index (χ0) is 24.5. The van der Waals surface area contributed by atoms with Crippen molar-refractivity contribution in [2.45, 2.75) is 6.18 Å². The number of alkyl halides is 3. The van der Waals surface area contributed by atoms with E-state index in [-0.39, 0.29) is 26.5 Å². The van der Waals surface area contributed by atoms with E-state index in [9.17, 15) is 22.8 Å². The average molecular weight is 526 g/mol. The van der Waals surface area contributed by atoms with E-state index in [1.165, 1.54) is 12.1 Å². The molecule has 0 bridgehead atoms. The molecule has 1 aromatic heterocycles. The number of ether oxygens (including phenoxy) is 1. The van der Waals surface area contributed by atoms with Gasteiger partial charge in [-0.25, -0.2) is 9.78 Å². The number of thiazole rings is 1. The number of benzene rings is 3. The van der Waals surface area contributed by atoms with Gasteiger partial charge >= 0.3 is 12.2 Å². The molecule has 174 valence electrons. The monoisotopic (exact) mass is 525 g/mol. The molecule has 6 nitrogen and oxygen atoms in total. The van der Waals surface area contributed by atoms with Gasteiger partial charge in [0.2, 0.25) is 0 Å². The average Bonchev–Trinajstić information content (AvgIpc) is 3.15. The van der Waals surface area contributed by atoms with E-state index in [2.05, 4.69) is 15.6 Å². The van der Waals surface area contributed by atoms with Crippen molar-refractivity contribution in [1.82, 2.24) is 10.3 Å². The number of amides is 3. The van der Waals surface area contributed by atoms with Crippen LogP contribution in [-0.2, 0) is 6.18 Å². The van der Waals surface area contributed by atoms with Crippen molar-refractivity contribution in [1.29, 1.82) is 0 Å². The Kier molecular flexibility index (Phi) is 6.65. The van der Waals surface area contributed by atoms with Crippen molar-refractivity contribution in [2.24, 2.45) is 0 Å². The number of imide groups is 1. The van der Waals surface area contributed by atoms with E-state index in [0.717, 1.165) is 29.5 Å². The van der Waals surface area contributed by atoms with Gasteiger partial charge in [-0.3, -0.25) is 15.4 Å². The van der Waals surface area contributed by atoms with E-state index in [4.69, 9.17) is 27.9 Å². The van der Waals surface area contributed by atoms with Gasteiger partial charge in [-0.2, -0.15) is 13.2 Å². The van der Waals surface area contributed by atoms with Crippen molar-refractivity contribution in [3.8, 4) is 11.5 Å². The van der Waals surface area contributed by atoms with Crippen LogP contribution in [0.1, 0.15) is 15.9 Å². The van der Waals surface area contributed by atoms with Crippen LogP contribution in [0.2, 0.25) is 10.0 Å². The number of halogens is 5. The Bertz CT molecular complexity index is 1410. The maximum Gasteiger partial charge on any atom is 0.416 e. The molecule has 0 fully saturated rings. The molecule has 4 aromatic rings. The van der Waals surface area contributed by atoms with Gasteiger partial charge in [0.1, 0.15) is 11.5 Å². The highest BCUT2D eigenvalue weighted by molar-refractivity contribution is 7.22. The zero-order valence-electron chi connectivity index (χ0n) is 16.7. The Labute approximate surface area is 204 Å². The lowest BCUT2D eigenvalue weighted by molar-refractivity contribution is -0.137. The summed E-state index contributed by atoms with van der Waals surface area (Å²) in [4.78, 5) is 28.6. The van der Waals surface area contributed by atoms with Gasteiger partial charge in [0.15, 0.2) is 5.13 Å². The summed E-state index contributed by atoms with van der Waals surface area (Å²) in [6.45, 7) is 0. The molecule has 0 spiro atoms. The normalized spacial score (nSPS) is 11.3. The molecule has 0 aliphatic heterocycles. The van der Waals surface area contributed by atoms with Crippen LogP contribution in [0.25, 0.3) is 10.2 Å². The second-order valence-electron chi connectivity index (χ2n) is 6.78. The SMILES string of the molecule is O=C(NC(=O)c1ccccc1Cl)Nc1nc2ccc(Oc3ccc(C(F)(F)F)cc3Cl)cc2s1. The molecule has 0 unspecified atom stereocenters. The molecular weight excluding hydrogens is 514 g/mol. The van der Waals surface area contributed by atoms with Gasteiger partial charge in [0, 0.05) is 6.07 Å². The fourth-order valence-corrected chi connectivity index (χ4v) is 4.18. The molecule has 2 N–H and O–H groups in total. The minimum Gasteiger partial charge on any atom is -0.456 e. The highest BCUT2D eigenvalue weighted by atomic mass is 35.5. The number of hydrogen-bond donors (Lipinski definition) is 2. The number of urea groups is 1. The largest absolute Gasteiger partial charge is 0.456 e. The predicted octanol–water partition coefficient (Wildman–Crippen LogP) is 7.38. The third-order valence-corrected chi connectivity index (χ3v) is 5.97. The number of carbonyl (C=O) groups is 2. The molecule has 3 amide bonds. The van der Waals surface area contributed by atoms with E-state index in [1.54, 1.807) is 30.3 Å². The number of nitrogens with zero attached hydrogens (tertiary/aromatic N) is 1. The molecule has 0 aliphatic rings. The minimum atomic E-state index is -4.52. The molecule has 3 aromatic carbocycles. The molecule has 0 aliphatic carbocycles. The first-order chi connectivity index (χ1) is 16.1. The second-order valence-corrected chi connectivity index (χ2v) is 8.63. The Balaban J connectivity index is 1.45. The second kappa shape index (κ2) is 9.49. The van der Waals surface area contributed by atoms with Crippen LogP contribution in [0, 0.1) is 0 Å². The summed E-state index contributed by atoms with van der Waals surface area (Å²) in [5.74, 6) is -0.314. The molecule has 0 radical (unpaired) electrons. The van der Waals surface area contributed by atoms with E-state index < -0.39 is 23.7 Å². The molecular formula is C22H12Cl2F3N3O3S. The first kappa shape index (κ1) is 23.8. The molecule has 0 saturated heterocycles. The third-order valence-electron chi connectivity index (χ3n) is 4.41. The number of fused-ring (bicyclic) bond motifs is 1. The fraction of sp³-hybridized carbons (Fsp3) is 0.0455. The lowest BCUT2D eigenvalue weighted by atomic mass is 10.2. The van der Waals surface area contributed by atoms with Gasteiger partial charge < -0.3 is 4.74 Å². The van der Waals surface area contributed by atoms with Crippen LogP contribution >= 0.6 is 34.5 Å². The van der Waals surface area contributed by atoms with Crippen molar-refractivity contribution in [3.05, 3.63) is 81.8 Å². The first-order valence-corrected chi connectivity index (χ1v) is 11.0. The van der Waals surface area contributed by atoms with E-state index in [1.807, 2.05) is 0 Å². The van der Waals surface area contributed by atoms with Crippen molar-refractivity contribution in [3.63, 3.8) is 0 Å². The standard InChI is InChI=1S/C22H12Cl2F3N3O3S/c23-14-4-2-1-3-13(14)19(31)29-20(32)30-21-28-16-7-6-12(10-18(16)34-21)33-17-8-5-11(9-15(17)24)22(25,26)27/h1-10H,(H2,28,29,30,31,32). The van der Waals surface area contributed by atoms with Crippen LogP contribution in [0.15, 0.2) is 60.7 Å². The first-order valence-electron chi connectivity index (χ1n) is 9.42. The van der Waals surface area contributed by atoms with Crippen molar-refractivity contribution in [2.75, 3.05) is 5.32 Å². The number of aromatic nitrogens is 1. The highest BCUT2D eigenvalue weighted by Crippen LogP contribution is 2.37. The zero-order valence-corrected chi connectivity index (χ0v) is 19.1. The Hall–Kier alpha value is -3.34. The van der Waals surface area contributed by atoms with Crippen LogP contribution in [-0.4, -0.2) is 16.9 Å². The Morgan fingerprint density at radius 3 is 2.44 bits per heavy atom. The summed E-state index contributed by atoms with van der Waals surface area (Å²) < 4.78 is 44.6. The quantitative estimate of drug-likeness (QED) is 0.291. The summed E-state index contributed by atoms with van der Waals surface area (Å²) in [6.07, 6.45) is -4.52. The molecule has 0 saturated carbocycles. The summed E-state index contributed by atoms with van der Waals surface area (Å²) in [6, 6.07) is 13.0. The molecule has 4 rings (SSSR count).